The minimum atomic E-state index is 0.232. The normalized spacial score (nSPS) is 12.1. The van der Waals surface area contributed by atoms with Gasteiger partial charge in [0.05, 0.1) is 18.1 Å². The highest BCUT2D eigenvalue weighted by molar-refractivity contribution is 5.95. The number of rotatable bonds is 3. The summed E-state index contributed by atoms with van der Waals surface area (Å²) in [4.78, 5) is 10.8. The minimum absolute atomic E-state index is 0.232. The van der Waals surface area contributed by atoms with Gasteiger partial charge in [0.15, 0.2) is 5.84 Å². The van der Waals surface area contributed by atoms with Gasteiger partial charge in [0.2, 0.25) is 0 Å². The molecule has 0 aromatic carbocycles. The molecule has 0 saturated heterocycles. The SMILES string of the molecule is N/C(=N\N=C\c1ccc[nH]1)c1cnccn1. The van der Waals surface area contributed by atoms with Crippen molar-refractivity contribution in [1.29, 1.82) is 0 Å². The third-order valence-electron chi connectivity index (χ3n) is 1.81. The average molecular weight is 214 g/mol. The van der Waals surface area contributed by atoms with Gasteiger partial charge in [0.25, 0.3) is 0 Å². The standard InChI is InChI=1S/C10H10N6/c11-10(9-7-12-4-5-14-9)16-15-6-8-2-1-3-13-8/h1-7,13H,(H2,11,16)/b15-6+. The number of nitrogens with zero attached hydrogens (tertiary/aromatic N) is 4. The van der Waals surface area contributed by atoms with Crippen molar-refractivity contribution in [2.45, 2.75) is 0 Å². The first-order chi connectivity index (χ1) is 7.86. The van der Waals surface area contributed by atoms with Crippen molar-refractivity contribution in [3.8, 4) is 0 Å². The molecule has 0 amide bonds. The van der Waals surface area contributed by atoms with Crippen LogP contribution in [0.5, 0.6) is 0 Å². The first-order valence-electron chi connectivity index (χ1n) is 4.62. The number of nitrogens with one attached hydrogen (secondary N) is 1. The fraction of sp³-hybridized carbons (Fsp3) is 0. The molecule has 2 aromatic rings. The number of H-pyrrole nitrogens is 1. The highest BCUT2D eigenvalue weighted by Crippen LogP contribution is 1.92. The molecule has 2 aromatic heterocycles. The van der Waals surface area contributed by atoms with Gasteiger partial charge in [-0.2, -0.15) is 5.10 Å². The molecule has 0 aliphatic rings. The Hall–Kier alpha value is -2.50. The minimum Gasteiger partial charge on any atom is -0.380 e. The van der Waals surface area contributed by atoms with Crippen LogP contribution in [0.25, 0.3) is 0 Å². The number of aromatic nitrogens is 3. The predicted octanol–water partition coefficient (Wildman–Crippen LogP) is 0.544. The molecule has 0 unspecified atom stereocenters. The van der Waals surface area contributed by atoms with Crippen LogP contribution >= 0.6 is 0 Å². The number of hydrogen-bond acceptors (Lipinski definition) is 4. The zero-order chi connectivity index (χ0) is 11.2. The van der Waals surface area contributed by atoms with Crippen LogP contribution in [0.3, 0.4) is 0 Å². The van der Waals surface area contributed by atoms with Gasteiger partial charge in [0, 0.05) is 18.6 Å². The topological polar surface area (TPSA) is 92.3 Å². The second-order valence-electron chi connectivity index (χ2n) is 2.95. The summed E-state index contributed by atoms with van der Waals surface area (Å²) in [5.74, 6) is 0.232. The first-order valence-corrected chi connectivity index (χ1v) is 4.62. The van der Waals surface area contributed by atoms with Gasteiger partial charge >= 0.3 is 0 Å². The van der Waals surface area contributed by atoms with Crippen molar-refractivity contribution < 1.29 is 0 Å². The summed E-state index contributed by atoms with van der Waals surface area (Å²) >= 11 is 0. The van der Waals surface area contributed by atoms with Crippen molar-refractivity contribution in [2.24, 2.45) is 15.9 Å². The van der Waals surface area contributed by atoms with Crippen LogP contribution in [-0.2, 0) is 0 Å². The fourth-order valence-electron chi connectivity index (χ4n) is 1.06. The Morgan fingerprint density at radius 2 is 2.38 bits per heavy atom. The van der Waals surface area contributed by atoms with E-state index in [-0.39, 0.29) is 5.84 Å². The zero-order valence-corrected chi connectivity index (χ0v) is 8.41. The van der Waals surface area contributed by atoms with Crippen LogP contribution in [0, 0.1) is 0 Å². The molecule has 6 heteroatoms. The molecular formula is C10H10N6. The maximum absolute atomic E-state index is 5.66. The summed E-state index contributed by atoms with van der Waals surface area (Å²) in [6.45, 7) is 0. The van der Waals surface area contributed by atoms with E-state index in [4.69, 9.17) is 5.73 Å². The van der Waals surface area contributed by atoms with Crippen LogP contribution in [0.2, 0.25) is 0 Å². The summed E-state index contributed by atoms with van der Waals surface area (Å²) in [6.07, 6.45) is 8.02. The van der Waals surface area contributed by atoms with Crippen molar-refractivity contribution in [3.63, 3.8) is 0 Å². The highest BCUT2D eigenvalue weighted by atomic mass is 15.2. The van der Waals surface area contributed by atoms with Crippen LogP contribution < -0.4 is 5.73 Å². The molecule has 0 fully saturated rings. The van der Waals surface area contributed by atoms with Gasteiger partial charge in [-0.3, -0.25) is 4.98 Å². The molecular weight excluding hydrogens is 204 g/mol. The van der Waals surface area contributed by atoms with Crippen LogP contribution in [0.1, 0.15) is 11.4 Å². The van der Waals surface area contributed by atoms with E-state index < -0.39 is 0 Å². The first kappa shape index (κ1) is 10.0. The Morgan fingerprint density at radius 1 is 1.44 bits per heavy atom. The summed E-state index contributed by atoms with van der Waals surface area (Å²) in [5.41, 5.74) is 7.02. The van der Waals surface area contributed by atoms with Crippen LogP contribution in [0.15, 0.2) is 47.1 Å². The van der Waals surface area contributed by atoms with E-state index in [1.807, 2.05) is 12.1 Å². The smallest absolute Gasteiger partial charge is 0.173 e. The van der Waals surface area contributed by atoms with Gasteiger partial charge in [-0.15, -0.1) is 5.10 Å². The maximum atomic E-state index is 5.66. The number of nitrogens with two attached hydrogens (primary N) is 1. The lowest BCUT2D eigenvalue weighted by Crippen LogP contribution is -2.14. The molecule has 0 radical (unpaired) electrons. The molecule has 0 atom stereocenters. The lowest BCUT2D eigenvalue weighted by atomic mass is 10.4. The number of aromatic amines is 1. The van der Waals surface area contributed by atoms with Crippen molar-refractivity contribution in [3.05, 3.63) is 48.3 Å². The average Bonchev–Trinajstić information content (AvgIpc) is 2.83. The molecule has 0 spiro atoms. The van der Waals surface area contributed by atoms with Gasteiger partial charge in [0.1, 0.15) is 5.69 Å². The van der Waals surface area contributed by atoms with Gasteiger partial charge in [-0.25, -0.2) is 4.98 Å². The van der Waals surface area contributed by atoms with Crippen molar-refractivity contribution >= 4 is 12.1 Å². The van der Waals surface area contributed by atoms with E-state index in [0.29, 0.717) is 5.69 Å². The van der Waals surface area contributed by atoms with Crippen LogP contribution in [-0.4, -0.2) is 27.0 Å². The summed E-state index contributed by atoms with van der Waals surface area (Å²) < 4.78 is 0. The van der Waals surface area contributed by atoms with E-state index in [2.05, 4.69) is 25.2 Å². The van der Waals surface area contributed by atoms with Crippen molar-refractivity contribution in [1.82, 2.24) is 15.0 Å². The molecule has 16 heavy (non-hydrogen) atoms. The summed E-state index contributed by atoms with van der Waals surface area (Å²) in [7, 11) is 0. The van der Waals surface area contributed by atoms with Gasteiger partial charge in [-0.1, -0.05) is 0 Å². The lowest BCUT2D eigenvalue weighted by molar-refractivity contribution is 1.14. The molecule has 0 aliphatic heterocycles. The molecule has 0 saturated carbocycles. The molecule has 0 aliphatic carbocycles. The monoisotopic (exact) mass is 214 g/mol. The molecule has 2 rings (SSSR count). The van der Waals surface area contributed by atoms with E-state index in [1.165, 1.54) is 6.20 Å². The number of amidine groups is 1. The van der Waals surface area contributed by atoms with E-state index >= 15 is 0 Å². The Morgan fingerprint density at radius 3 is 3.06 bits per heavy atom. The van der Waals surface area contributed by atoms with E-state index in [0.717, 1.165) is 5.69 Å². The molecule has 2 heterocycles. The Balaban J connectivity index is 2.08. The Bertz CT molecular complexity index is 485. The van der Waals surface area contributed by atoms with Gasteiger partial charge in [-0.05, 0) is 12.1 Å². The third-order valence-corrected chi connectivity index (χ3v) is 1.81. The second-order valence-corrected chi connectivity index (χ2v) is 2.95. The van der Waals surface area contributed by atoms with Crippen LogP contribution in [0.4, 0.5) is 0 Å². The largest absolute Gasteiger partial charge is 0.380 e. The Kier molecular flexibility index (Phi) is 3.03. The molecule has 6 nitrogen and oxygen atoms in total. The fourth-order valence-corrected chi connectivity index (χ4v) is 1.06. The maximum Gasteiger partial charge on any atom is 0.173 e. The quantitative estimate of drug-likeness (QED) is 0.443. The van der Waals surface area contributed by atoms with Crippen molar-refractivity contribution in [2.75, 3.05) is 0 Å². The predicted molar refractivity (Wildman–Crippen MR) is 61.1 cm³/mol. The Labute approximate surface area is 92.0 Å². The number of hydrogen-bond donors (Lipinski definition) is 2. The van der Waals surface area contributed by atoms with Gasteiger partial charge < -0.3 is 10.7 Å². The van der Waals surface area contributed by atoms with E-state index in [9.17, 15) is 0 Å². The molecule has 0 bridgehead atoms. The van der Waals surface area contributed by atoms with E-state index in [1.54, 1.807) is 24.8 Å². The summed E-state index contributed by atoms with van der Waals surface area (Å²) in [5, 5.41) is 7.64. The molecule has 3 N–H and O–H groups in total. The lowest BCUT2D eigenvalue weighted by Gasteiger charge is -1.94. The summed E-state index contributed by atoms with van der Waals surface area (Å²) in [6, 6.07) is 3.74. The molecule has 80 valence electrons. The highest BCUT2D eigenvalue weighted by Gasteiger charge is 1.97. The third kappa shape index (κ3) is 2.50. The zero-order valence-electron chi connectivity index (χ0n) is 8.41. The second kappa shape index (κ2) is 4.83.